The van der Waals surface area contributed by atoms with Crippen LogP contribution in [0, 0.1) is 0 Å². The number of thiophene rings is 1. The van der Waals surface area contributed by atoms with Crippen LogP contribution in [0.4, 0.5) is 0 Å². The third-order valence-corrected chi connectivity index (χ3v) is 5.76. The van der Waals surface area contributed by atoms with Gasteiger partial charge in [-0.25, -0.2) is 4.79 Å². The summed E-state index contributed by atoms with van der Waals surface area (Å²) in [5.41, 5.74) is 2.17. The maximum absolute atomic E-state index is 12.9. The third kappa shape index (κ3) is 2.33. The Kier molecular flexibility index (Phi) is 3.64. The normalized spacial score (nSPS) is 16.3. The van der Waals surface area contributed by atoms with E-state index in [0.717, 1.165) is 15.8 Å². The van der Waals surface area contributed by atoms with Crippen LogP contribution in [0.1, 0.15) is 37.2 Å². The number of hydrogen-bond acceptors (Lipinski definition) is 4. The maximum Gasteiger partial charge on any atom is 0.337 e. The zero-order valence-corrected chi connectivity index (χ0v) is 13.9. The second-order valence-corrected chi connectivity index (χ2v) is 7.09. The number of rotatable bonds is 3. The van der Waals surface area contributed by atoms with Crippen molar-refractivity contribution in [1.29, 1.82) is 0 Å². The molecule has 1 aromatic heterocycles. The minimum Gasteiger partial charge on any atom is -0.478 e. The molecule has 2 N–H and O–H groups in total. The van der Waals surface area contributed by atoms with Gasteiger partial charge in [-0.15, -0.1) is 11.3 Å². The molecular formula is C18H12ClNO3S. The molecule has 1 atom stereocenters. The number of nitrogens with one attached hydrogen (secondary N) is 1. The van der Waals surface area contributed by atoms with E-state index in [0.29, 0.717) is 16.8 Å². The number of aromatic carboxylic acids is 1. The molecule has 1 unspecified atom stereocenters. The zero-order valence-electron chi connectivity index (χ0n) is 12.4. The number of carboxylic acids is 1. The number of Topliss-reactive ketones (excluding diaryl/α,β-unsaturated/α-hetero) is 1. The van der Waals surface area contributed by atoms with Crippen molar-refractivity contribution < 1.29 is 14.7 Å². The van der Waals surface area contributed by atoms with E-state index in [9.17, 15) is 9.59 Å². The summed E-state index contributed by atoms with van der Waals surface area (Å²) in [4.78, 5) is 24.7. The number of halogens is 1. The standard InChI is InChI=1S/C18H12ClNO3S/c19-15-11(18(22)23)5-6-13-12(15)7-14(24-13)17(21)16-10-4-2-1-3-9(10)8-20-16/h1-7,16,20H,8H2,(H,22,23). The first-order chi connectivity index (χ1) is 11.6. The zero-order chi connectivity index (χ0) is 16.8. The molecule has 0 radical (unpaired) electrons. The molecule has 0 bridgehead atoms. The number of carboxylic acid groups (broad SMARTS) is 1. The molecule has 2 aromatic carbocycles. The van der Waals surface area contributed by atoms with Gasteiger partial charge in [0.25, 0.3) is 0 Å². The van der Waals surface area contributed by atoms with E-state index in [1.54, 1.807) is 12.1 Å². The lowest BCUT2D eigenvalue weighted by molar-refractivity contribution is 0.0697. The van der Waals surface area contributed by atoms with Gasteiger partial charge < -0.3 is 5.11 Å². The van der Waals surface area contributed by atoms with E-state index in [-0.39, 0.29) is 22.4 Å². The number of fused-ring (bicyclic) bond motifs is 2. The van der Waals surface area contributed by atoms with E-state index >= 15 is 0 Å². The van der Waals surface area contributed by atoms with E-state index in [2.05, 4.69) is 5.32 Å². The van der Waals surface area contributed by atoms with Crippen LogP contribution in [0.2, 0.25) is 5.02 Å². The summed E-state index contributed by atoms with van der Waals surface area (Å²) in [6.07, 6.45) is 0. The summed E-state index contributed by atoms with van der Waals surface area (Å²) in [6, 6.07) is 12.3. The molecule has 4 nitrogen and oxygen atoms in total. The van der Waals surface area contributed by atoms with Crippen LogP contribution in [0.15, 0.2) is 42.5 Å². The quantitative estimate of drug-likeness (QED) is 0.686. The lowest BCUT2D eigenvalue weighted by Gasteiger charge is -2.09. The van der Waals surface area contributed by atoms with E-state index < -0.39 is 5.97 Å². The van der Waals surface area contributed by atoms with Gasteiger partial charge in [0.1, 0.15) is 0 Å². The Hall–Kier alpha value is -2.21. The van der Waals surface area contributed by atoms with Gasteiger partial charge in [-0.3, -0.25) is 10.1 Å². The highest BCUT2D eigenvalue weighted by atomic mass is 35.5. The van der Waals surface area contributed by atoms with Gasteiger partial charge in [0.05, 0.1) is 21.5 Å². The van der Waals surface area contributed by atoms with Crippen LogP contribution in [0.5, 0.6) is 0 Å². The molecule has 0 aliphatic carbocycles. The summed E-state index contributed by atoms with van der Waals surface area (Å²) >= 11 is 7.53. The van der Waals surface area contributed by atoms with Gasteiger partial charge in [-0.2, -0.15) is 0 Å². The summed E-state index contributed by atoms with van der Waals surface area (Å²) < 4.78 is 0.805. The fourth-order valence-corrected chi connectivity index (χ4v) is 4.43. The smallest absolute Gasteiger partial charge is 0.337 e. The molecule has 6 heteroatoms. The fourth-order valence-electron chi connectivity index (χ4n) is 3.04. The van der Waals surface area contributed by atoms with Gasteiger partial charge in [0, 0.05) is 16.6 Å². The summed E-state index contributed by atoms with van der Waals surface area (Å²) in [7, 11) is 0. The minimum atomic E-state index is -1.08. The van der Waals surface area contributed by atoms with Gasteiger partial charge in [0.2, 0.25) is 0 Å². The second kappa shape index (κ2) is 5.70. The summed E-state index contributed by atoms with van der Waals surface area (Å²) in [5, 5.41) is 13.2. The number of ketones is 1. The van der Waals surface area contributed by atoms with Gasteiger partial charge in [-0.1, -0.05) is 35.9 Å². The molecule has 3 aromatic rings. The SMILES string of the molecule is O=C(O)c1ccc2sc(C(=O)C3NCc4ccccc43)cc2c1Cl. The lowest BCUT2D eigenvalue weighted by Crippen LogP contribution is -2.21. The van der Waals surface area contributed by atoms with Crippen molar-refractivity contribution in [3.8, 4) is 0 Å². The van der Waals surface area contributed by atoms with Crippen molar-refractivity contribution >= 4 is 44.8 Å². The Morgan fingerprint density at radius 1 is 1.21 bits per heavy atom. The number of carbonyl (C=O) groups is 2. The molecule has 0 spiro atoms. The molecular weight excluding hydrogens is 346 g/mol. The fraction of sp³-hybridized carbons (Fsp3) is 0.111. The third-order valence-electron chi connectivity index (χ3n) is 4.23. The van der Waals surface area contributed by atoms with Crippen LogP contribution in [-0.4, -0.2) is 16.9 Å². The topological polar surface area (TPSA) is 66.4 Å². The predicted molar refractivity (Wildman–Crippen MR) is 94.1 cm³/mol. The van der Waals surface area contributed by atoms with Crippen molar-refractivity contribution in [3.63, 3.8) is 0 Å². The Morgan fingerprint density at radius 2 is 2.00 bits per heavy atom. The van der Waals surface area contributed by atoms with Crippen LogP contribution >= 0.6 is 22.9 Å². The number of carbonyl (C=O) groups excluding carboxylic acids is 1. The van der Waals surface area contributed by atoms with E-state index in [1.807, 2.05) is 24.3 Å². The van der Waals surface area contributed by atoms with Gasteiger partial charge in [-0.05, 0) is 29.3 Å². The Labute approximate surface area is 146 Å². The Morgan fingerprint density at radius 3 is 2.79 bits per heavy atom. The molecule has 0 saturated carbocycles. The van der Waals surface area contributed by atoms with Crippen LogP contribution in [0.3, 0.4) is 0 Å². The maximum atomic E-state index is 12.9. The van der Waals surface area contributed by atoms with Gasteiger partial charge in [0.15, 0.2) is 5.78 Å². The molecule has 1 aliphatic heterocycles. The average molecular weight is 358 g/mol. The first-order valence-electron chi connectivity index (χ1n) is 7.37. The van der Waals surface area contributed by atoms with Crippen molar-refractivity contribution in [3.05, 3.63) is 69.1 Å². The van der Waals surface area contributed by atoms with Crippen LogP contribution in [-0.2, 0) is 6.54 Å². The number of benzene rings is 2. The molecule has 1 aliphatic rings. The van der Waals surface area contributed by atoms with E-state index in [4.69, 9.17) is 16.7 Å². The molecule has 0 saturated heterocycles. The summed E-state index contributed by atoms with van der Waals surface area (Å²) in [6.45, 7) is 0.668. The molecule has 24 heavy (non-hydrogen) atoms. The van der Waals surface area contributed by atoms with Crippen molar-refractivity contribution in [2.24, 2.45) is 0 Å². The second-order valence-electron chi connectivity index (χ2n) is 5.63. The molecule has 0 amide bonds. The van der Waals surface area contributed by atoms with Gasteiger partial charge >= 0.3 is 5.97 Å². The Balaban J connectivity index is 1.76. The molecule has 2 heterocycles. The molecule has 4 rings (SSSR count). The van der Waals surface area contributed by atoms with Crippen molar-refractivity contribution in [2.75, 3.05) is 0 Å². The average Bonchev–Trinajstić information content (AvgIpc) is 3.19. The van der Waals surface area contributed by atoms with Crippen molar-refractivity contribution in [2.45, 2.75) is 12.6 Å². The van der Waals surface area contributed by atoms with E-state index in [1.165, 1.54) is 17.4 Å². The predicted octanol–water partition coefficient (Wildman–Crippen LogP) is 4.28. The van der Waals surface area contributed by atoms with Crippen LogP contribution in [0.25, 0.3) is 10.1 Å². The number of hydrogen-bond donors (Lipinski definition) is 2. The monoisotopic (exact) mass is 357 g/mol. The highest BCUT2D eigenvalue weighted by molar-refractivity contribution is 7.21. The molecule has 120 valence electrons. The van der Waals surface area contributed by atoms with Crippen molar-refractivity contribution in [1.82, 2.24) is 5.32 Å². The highest BCUT2D eigenvalue weighted by Gasteiger charge is 2.29. The summed E-state index contributed by atoms with van der Waals surface area (Å²) in [5.74, 6) is -1.10. The minimum absolute atomic E-state index is 0.0194. The first-order valence-corrected chi connectivity index (χ1v) is 8.56. The highest BCUT2D eigenvalue weighted by Crippen LogP contribution is 2.36. The first kappa shape index (κ1) is 15.3. The van der Waals surface area contributed by atoms with Crippen LogP contribution < -0.4 is 5.32 Å². The molecule has 0 fully saturated rings. The largest absolute Gasteiger partial charge is 0.478 e. The Bertz CT molecular complexity index is 995. The lowest BCUT2D eigenvalue weighted by atomic mass is 10.0.